The minimum atomic E-state index is -3.75. The first-order chi connectivity index (χ1) is 9.88. The highest BCUT2D eigenvalue weighted by molar-refractivity contribution is 7.89. The van der Waals surface area contributed by atoms with Gasteiger partial charge in [0.2, 0.25) is 10.0 Å². The maximum atomic E-state index is 12.0. The molecule has 1 N–H and O–H groups in total. The van der Waals surface area contributed by atoms with E-state index in [4.69, 9.17) is 11.6 Å². The highest BCUT2D eigenvalue weighted by atomic mass is 35.5. The van der Waals surface area contributed by atoms with Crippen LogP contribution in [0.2, 0.25) is 5.15 Å². The summed E-state index contributed by atoms with van der Waals surface area (Å²) in [6, 6.07) is 8.42. The van der Waals surface area contributed by atoms with E-state index < -0.39 is 14.9 Å². The van der Waals surface area contributed by atoms with Gasteiger partial charge in [0, 0.05) is 24.9 Å². The average Bonchev–Trinajstić information content (AvgIpc) is 2.46. The summed E-state index contributed by atoms with van der Waals surface area (Å²) in [5.41, 5.74) is 0.384. The standard InChI is InChI=1S/C12H10ClN3O4S/c13-12-5-4-11(8-14-12)21(19,20)15-7-9-2-1-3-10(6-9)16(17)18/h1-6,8,15H,7H2. The molecule has 0 radical (unpaired) electrons. The van der Waals surface area contributed by atoms with Gasteiger partial charge in [-0.1, -0.05) is 23.7 Å². The van der Waals surface area contributed by atoms with Crippen molar-refractivity contribution in [1.29, 1.82) is 0 Å². The summed E-state index contributed by atoms with van der Waals surface area (Å²) in [6.45, 7) is -0.0629. The van der Waals surface area contributed by atoms with Gasteiger partial charge < -0.3 is 0 Å². The van der Waals surface area contributed by atoms with E-state index in [2.05, 4.69) is 9.71 Å². The van der Waals surface area contributed by atoms with E-state index >= 15 is 0 Å². The monoisotopic (exact) mass is 327 g/mol. The molecule has 0 atom stereocenters. The summed E-state index contributed by atoms with van der Waals surface area (Å²) in [6.07, 6.45) is 1.14. The summed E-state index contributed by atoms with van der Waals surface area (Å²) in [7, 11) is -3.75. The van der Waals surface area contributed by atoms with E-state index in [0.717, 1.165) is 6.20 Å². The van der Waals surface area contributed by atoms with E-state index in [9.17, 15) is 18.5 Å². The number of hydrogen-bond donors (Lipinski definition) is 1. The predicted octanol–water partition coefficient (Wildman–Crippen LogP) is 2.12. The molecule has 0 saturated heterocycles. The second kappa shape index (κ2) is 6.17. The molecule has 0 aliphatic heterocycles. The lowest BCUT2D eigenvalue weighted by Gasteiger charge is -2.06. The maximum Gasteiger partial charge on any atom is 0.269 e. The van der Waals surface area contributed by atoms with Crippen LogP contribution in [-0.2, 0) is 16.6 Å². The van der Waals surface area contributed by atoms with Crippen molar-refractivity contribution in [3.63, 3.8) is 0 Å². The second-order valence-electron chi connectivity index (χ2n) is 4.07. The lowest BCUT2D eigenvalue weighted by atomic mass is 10.2. The number of hydrogen-bond acceptors (Lipinski definition) is 5. The Morgan fingerprint density at radius 1 is 1.29 bits per heavy atom. The van der Waals surface area contributed by atoms with Crippen LogP contribution < -0.4 is 4.72 Å². The van der Waals surface area contributed by atoms with Crippen LogP contribution in [0.4, 0.5) is 5.69 Å². The summed E-state index contributed by atoms with van der Waals surface area (Å²) < 4.78 is 26.4. The molecule has 9 heteroatoms. The lowest BCUT2D eigenvalue weighted by Crippen LogP contribution is -2.23. The van der Waals surface area contributed by atoms with Crippen molar-refractivity contribution >= 4 is 27.3 Å². The molecule has 7 nitrogen and oxygen atoms in total. The fraction of sp³-hybridized carbons (Fsp3) is 0.0833. The number of benzene rings is 1. The molecule has 1 heterocycles. The third-order valence-corrected chi connectivity index (χ3v) is 4.21. The lowest BCUT2D eigenvalue weighted by molar-refractivity contribution is -0.384. The van der Waals surface area contributed by atoms with Gasteiger partial charge in [-0.05, 0) is 17.7 Å². The Kier molecular flexibility index (Phi) is 4.51. The van der Waals surface area contributed by atoms with E-state index in [1.807, 2.05) is 0 Å². The highest BCUT2D eigenvalue weighted by Gasteiger charge is 2.14. The van der Waals surface area contributed by atoms with Crippen molar-refractivity contribution in [3.05, 3.63) is 63.4 Å². The van der Waals surface area contributed by atoms with E-state index in [1.165, 1.54) is 30.3 Å². The minimum Gasteiger partial charge on any atom is -0.258 e. The minimum absolute atomic E-state index is 0.0302. The summed E-state index contributed by atoms with van der Waals surface area (Å²) in [5.74, 6) is 0. The van der Waals surface area contributed by atoms with E-state index in [0.29, 0.717) is 5.56 Å². The zero-order chi connectivity index (χ0) is 15.5. The first-order valence-corrected chi connectivity index (χ1v) is 7.59. The number of nitro benzene ring substituents is 1. The Labute approximate surface area is 125 Å². The number of nitrogens with one attached hydrogen (secondary N) is 1. The van der Waals surface area contributed by atoms with Crippen molar-refractivity contribution < 1.29 is 13.3 Å². The Hall–Kier alpha value is -2.03. The van der Waals surface area contributed by atoms with Gasteiger partial charge in [-0.3, -0.25) is 10.1 Å². The number of rotatable bonds is 5. The van der Waals surface area contributed by atoms with Crippen molar-refractivity contribution in [1.82, 2.24) is 9.71 Å². The van der Waals surface area contributed by atoms with E-state index in [-0.39, 0.29) is 22.3 Å². The molecule has 0 amide bonds. The third kappa shape index (κ3) is 3.97. The second-order valence-corrected chi connectivity index (χ2v) is 6.22. The fourth-order valence-electron chi connectivity index (χ4n) is 1.56. The van der Waals surface area contributed by atoms with Crippen molar-refractivity contribution in [2.45, 2.75) is 11.4 Å². The highest BCUT2D eigenvalue weighted by Crippen LogP contribution is 2.15. The van der Waals surface area contributed by atoms with Crippen LogP contribution in [0, 0.1) is 10.1 Å². The van der Waals surface area contributed by atoms with Gasteiger partial charge in [0.05, 0.1) is 4.92 Å². The van der Waals surface area contributed by atoms with Gasteiger partial charge in [0.15, 0.2) is 0 Å². The van der Waals surface area contributed by atoms with Crippen LogP contribution >= 0.6 is 11.6 Å². The Bertz CT molecular complexity index is 762. The van der Waals surface area contributed by atoms with Gasteiger partial charge in [-0.2, -0.15) is 0 Å². The quantitative estimate of drug-likeness (QED) is 0.515. The predicted molar refractivity (Wildman–Crippen MR) is 76.4 cm³/mol. The number of aromatic nitrogens is 1. The number of nitrogens with zero attached hydrogens (tertiary/aromatic N) is 2. The van der Waals surface area contributed by atoms with Gasteiger partial charge >= 0.3 is 0 Å². The first kappa shape index (κ1) is 15.4. The number of halogens is 1. The molecule has 0 fully saturated rings. The van der Waals surface area contributed by atoms with E-state index in [1.54, 1.807) is 6.07 Å². The van der Waals surface area contributed by atoms with Crippen molar-refractivity contribution in [2.24, 2.45) is 0 Å². The molecule has 0 spiro atoms. The molecule has 0 aliphatic rings. The molecule has 1 aromatic carbocycles. The molecular weight excluding hydrogens is 318 g/mol. The molecule has 0 bridgehead atoms. The molecular formula is C12H10ClN3O4S. The number of nitro groups is 1. The Morgan fingerprint density at radius 2 is 2.05 bits per heavy atom. The van der Waals surface area contributed by atoms with Crippen molar-refractivity contribution in [3.8, 4) is 0 Å². The summed E-state index contributed by atoms with van der Waals surface area (Å²) >= 11 is 5.59. The van der Waals surface area contributed by atoms with Gasteiger partial charge in [-0.15, -0.1) is 0 Å². The fourth-order valence-corrected chi connectivity index (χ4v) is 2.64. The topological polar surface area (TPSA) is 102 Å². The number of non-ortho nitro benzene ring substituents is 1. The van der Waals surface area contributed by atoms with Crippen LogP contribution in [0.15, 0.2) is 47.5 Å². The Balaban J connectivity index is 2.13. The van der Waals surface area contributed by atoms with Crippen LogP contribution in [0.3, 0.4) is 0 Å². The smallest absolute Gasteiger partial charge is 0.258 e. The van der Waals surface area contributed by atoms with Crippen LogP contribution in [0.1, 0.15) is 5.56 Å². The molecule has 0 unspecified atom stereocenters. The summed E-state index contributed by atoms with van der Waals surface area (Å²) in [4.78, 5) is 13.8. The normalized spacial score (nSPS) is 11.3. The van der Waals surface area contributed by atoms with Gasteiger partial charge in [0.1, 0.15) is 10.0 Å². The molecule has 1 aromatic heterocycles. The summed E-state index contributed by atoms with van der Waals surface area (Å²) in [5, 5.41) is 10.8. The van der Waals surface area contributed by atoms with Crippen molar-refractivity contribution in [2.75, 3.05) is 0 Å². The molecule has 0 saturated carbocycles. The largest absolute Gasteiger partial charge is 0.269 e. The maximum absolute atomic E-state index is 12.0. The number of sulfonamides is 1. The zero-order valence-corrected chi connectivity index (χ0v) is 12.1. The van der Waals surface area contributed by atoms with Gasteiger partial charge in [-0.25, -0.2) is 18.1 Å². The molecule has 2 aromatic rings. The van der Waals surface area contributed by atoms with Gasteiger partial charge in [0.25, 0.3) is 5.69 Å². The van der Waals surface area contributed by atoms with Crippen LogP contribution in [0.5, 0.6) is 0 Å². The Morgan fingerprint density at radius 3 is 2.67 bits per heavy atom. The zero-order valence-electron chi connectivity index (χ0n) is 10.6. The third-order valence-electron chi connectivity index (χ3n) is 2.60. The van der Waals surface area contributed by atoms with Crippen LogP contribution in [0.25, 0.3) is 0 Å². The average molecular weight is 328 g/mol. The first-order valence-electron chi connectivity index (χ1n) is 5.73. The molecule has 2 rings (SSSR count). The number of pyridine rings is 1. The van der Waals surface area contributed by atoms with Crippen LogP contribution in [-0.4, -0.2) is 18.3 Å². The molecule has 110 valence electrons. The molecule has 21 heavy (non-hydrogen) atoms. The molecule has 0 aliphatic carbocycles. The SMILES string of the molecule is O=[N+]([O-])c1cccc(CNS(=O)(=O)c2ccc(Cl)nc2)c1.